The molecule has 0 radical (unpaired) electrons. The standard InChI is InChI=1S/C6H15N.C2H6/c1-5(2)4-6(3)7;1-2/h5-6H,4,7H2,1-3H3;1-2H3. The van der Waals surface area contributed by atoms with E-state index in [1.807, 2.05) is 20.8 Å². The van der Waals surface area contributed by atoms with Crippen LogP contribution >= 0.6 is 0 Å². The first-order valence-corrected chi connectivity index (χ1v) is 3.88. The molecule has 0 aliphatic rings. The maximum absolute atomic E-state index is 5.49. The van der Waals surface area contributed by atoms with Gasteiger partial charge in [-0.1, -0.05) is 27.7 Å². The highest BCUT2D eigenvalue weighted by Crippen LogP contribution is 2.00. The molecule has 0 saturated carbocycles. The number of nitrogens with two attached hydrogens (primary N) is 1. The van der Waals surface area contributed by atoms with Crippen LogP contribution in [0, 0.1) is 5.92 Å². The molecule has 0 aliphatic carbocycles. The molecule has 1 nitrogen and oxygen atoms in total. The monoisotopic (exact) mass is 131 g/mol. The molecule has 0 heterocycles. The van der Waals surface area contributed by atoms with Crippen molar-refractivity contribution in [2.45, 2.75) is 47.1 Å². The van der Waals surface area contributed by atoms with Crippen molar-refractivity contribution in [3.8, 4) is 0 Å². The van der Waals surface area contributed by atoms with Crippen LogP contribution in [0.25, 0.3) is 0 Å². The Morgan fingerprint density at radius 3 is 1.44 bits per heavy atom. The zero-order valence-electron chi connectivity index (χ0n) is 7.44. The van der Waals surface area contributed by atoms with Crippen LogP contribution in [0.5, 0.6) is 0 Å². The summed E-state index contributed by atoms with van der Waals surface area (Å²) in [4.78, 5) is 0. The summed E-state index contributed by atoms with van der Waals surface area (Å²) < 4.78 is 0. The van der Waals surface area contributed by atoms with Crippen LogP contribution in [0.3, 0.4) is 0 Å². The van der Waals surface area contributed by atoms with Gasteiger partial charge in [-0.2, -0.15) is 0 Å². The Morgan fingerprint density at radius 2 is 1.44 bits per heavy atom. The normalized spacial score (nSPS) is 12.3. The van der Waals surface area contributed by atoms with Crippen LogP contribution in [0.2, 0.25) is 0 Å². The molecule has 0 aliphatic heterocycles. The van der Waals surface area contributed by atoms with E-state index in [9.17, 15) is 0 Å². The lowest BCUT2D eigenvalue weighted by atomic mass is 10.1. The fourth-order valence-corrected chi connectivity index (χ4v) is 0.744. The van der Waals surface area contributed by atoms with Crippen molar-refractivity contribution in [1.29, 1.82) is 0 Å². The highest BCUT2D eigenvalue weighted by atomic mass is 14.6. The molecule has 0 aromatic carbocycles. The summed E-state index contributed by atoms with van der Waals surface area (Å²) in [5.41, 5.74) is 5.49. The van der Waals surface area contributed by atoms with E-state index in [0.717, 1.165) is 12.3 Å². The second-order valence-electron chi connectivity index (χ2n) is 2.61. The Bertz CT molecular complexity index is 33.8. The summed E-state index contributed by atoms with van der Waals surface area (Å²) in [6.45, 7) is 10.4. The molecule has 0 bridgehead atoms. The van der Waals surface area contributed by atoms with Crippen LogP contribution < -0.4 is 5.73 Å². The average molecular weight is 131 g/mol. The van der Waals surface area contributed by atoms with Gasteiger partial charge in [0.2, 0.25) is 0 Å². The molecule has 0 aromatic rings. The summed E-state index contributed by atoms with van der Waals surface area (Å²) in [6, 6.07) is 0.375. The topological polar surface area (TPSA) is 26.0 Å². The van der Waals surface area contributed by atoms with E-state index >= 15 is 0 Å². The molecule has 58 valence electrons. The lowest BCUT2D eigenvalue weighted by Crippen LogP contribution is -2.16. The summed E-state index contributed by atoms with van der Waals surface area (Å²) in [6.07, 6.45) is 1.14. The molecule has 0 aromatic heterocycles. The Hall–Kier alpha value is -0.0400. The third-order valence-corrected chi connectivity index (χ3v) is 0.843. The second-order valence-corrected chi connectivity index (χ2v) is 2.61. The summed E-state index contributed by atoms with van der Waals surface area (Å²) in [7, 11) is 0. The molecular formula is C8H21N. The van der Waals surface area contributed by atoms with Gasteiger partial charge >= 0.3 is 0 Å². The minimum absolute atomic E-state index is 0.375. The highest BCUT2D eigenvalue weighted by Gasteiger charge is 1.95. The van der Waals surface area contributed by atoms with E-state index in [1.54, 1.807) is 0 Å². The molecule has 2 N–H and O–H groups in total. The Balaban J connectivity index is 0. The first-order chi connectivity index (χ1) is 4.13. The SMILES string of the molecule is CC.CC(C)CC(C)N. The Kier molecular flexibility index (Phi) is 10.4. The number of hydrogen-bond acceptors (Lipinski definition) is 1. The Labute approximate surface area is 59.6 Å². The van der Waals surface area contributed by atoms with E-state index in [0.29, 0.717) is 6.04 Å². The van der Waals surface area contributed by atoms with Gasteiger partial charge in [-0.3, -0.25) is 0 Å². The van der Waals surface area contributed by atoms with E-state index < -0.39 is 0 Å². The van der Waals surface area contributed by atoms with Crippen LogP contribution in [-0.2, 0) is 0 Å². The van der Waals surface area contributed by atoms with Gasteiger partial charge in [0, 0.05) is 6.04 Å². The van der Waals surface area contributed by atoms with Gasteiger partial charge in [0.1, 0.15) is 0 Å². The molecule has 1 heteroatoms. The van der Waals surface area contributed by atoms with Crippen LogP contribution in [0.15, 0.2) is 0 Å². The third-order valence-electron chi connectivity index (χ3n) is 0.843. The van der Waals surface area contributed by atoms with Crippen LogP contribution in [0.1, 0.15) is 41.0 Å². The minimum atomic E-state index is 0.375. The summed E-state index contributed by atoms with van der Waals surface area (Å²) in [5, 5.41) is 0. The fraction of sp³-hybridized carbons (Fsp3) is 1.00. The van der Waals surface area contributed by atoms with E-state index in [4.69, 9.17) is 5.73 Å². The van der Waals surface area contributed by atoms with Crippen molar-refractivity contribution in [2.75, 3.05) is 0 Å². The molecular weight excluding hydrogens is 110 g/mol. The first kappa shape index (κ1) is 11.7. The first-order valence-electron chi connectivity index (χ1n) is 3.88. The van der Waals surface area contributed by atoms with Crippen molar-refractivity contribution in [3.63, 3.8) is 0 Å². The van der Waals surface area contributed by atoms with Crippen molar-refractivity contribution in [1.82, 2.24) is 0 Å². The van der Waals surface area contributed by atoms with Gasteiger partial charge < -0.3 is 5.73 Å². The zero-order chi connectivity index (χ0) is 7.86. The molecule has 1 atom stereocenters. The van der Waals surface area contributed by atoms with Gasteiger partial charge in [0.15, 0.2) is 0 Å². The van der Waals surface area contributed by atoms with Crippen molar-refractivity contribution in [2.24, 2.45) is 11.7 Å². The zero-order valence-corrected chi connectivity index (χ0v) is 7.44. The maximum Gasteiger partial charge on any atom is 0.00129 e. The molecule has 9 heavy (non-hydrogen) atoms. The number of hydrogen-bond donors (Lipinski definition) is 1. The van der Waals surface area contributed by atoms with Gasteiger partial charge in [0.05, 0.1) is 0 Å². The third kappa shape index (κ3) is 18.0. The number of rotatable bonds is 2. The quantitative estimate of drug-likeness (QED) is 0.612. The van der Waals surface area contributed by atoms with Gasteiger partial charge in [-0.05, 0) is 19.3 Å². The van der Waals surface area contributed by atoms with E-state index in [2.05, 4.69) is 13.8 Å². The van der Waals surface area contributed by atoms with E-state index in [1.165, 1.54) is 0 Å². The molecule has 1 unspecified atom stereocenters. The fourth-order valence-electron chi connectivity index (χ4n) is 0.744. The minimum Gasteiger partial charge on any atom is -0.328 e. The van der Waals surface area contributed by atoms with Gasteiger partial charge in [-0.15, -0.1) is 0 Å². The summed E-state index contributed by atoms with van der Waals surface area (Å²) in [5.74, 6) is 0.750. The average Bonchev–Trinajstić information content (AvgIpc) is 1.68. The molecule has 0 fully saturated rings. The Morgan fingerprint density at radius 1 is 1.11 bits per heavy atom. The van der Waals surface area contributed by atoms with Gasteiger partial charge in [-0.25, -0.2) is 0 Å². The lowest BCUT2D eigenvalue weighted by Gasteiger charge is -2.05. The smallest absolute Gasteiger partial charge is 0.00129 e. The van der Waals surface area contributed by atoms with Crippen molar-refractivity contribution in [3.05, 3.63) is 0 Å². The molecule has 0 saturated heterocycles. The van der Waals surface area contributed by atoms with Gasteiger partial charge in [0.25, 0.3) is 0 Å². The van der Waals surface area contributed by atoms with Crippen LogP contribution in [0.4, 0.5) is 0 Å². The largest absolute Gasteiger partial charge is 0.328 e. The van der Waals surface area contributed by atoms with Crippen molar-refractivity contribution >= 4 is 0 Å². The second kappa shape index (κ2) is 7.96. The van der Waals surface area contributed by atoms with E-state index in [-0.39, 0.29) is 0 Å². The summed E-state index contributed by atoms with van der Waals surface area (Å²) >= 11 is 0. The maximum atomic E-state index is 5.49. The molecule has 0 amide bonds. The highest BCUT2D eigenvalue weighted by molar-refractivity contribution is 4.54. The predicted molar refractivity (Wildman–Crippen MR) is 44.5 cm³/mol. The van der Waals surface area contributed by atoms with Crippen LogP contribution in [-0.4, -0.2) is 6.04 Å². The molecule has 0 rings (SSSR count). The predicted octanol–water partition coefficient (Wildman–Crippen LogP) is 2.41. The van der Waals surface area contributed by atoms with Crippen molar-refractivity contribution < 1.29 is 0 Å². The lowest BCUT2D eigenvalue weighted by molar-refractivity contribution is 0.520. The molecule has 0 spiro atoms.